The molecule has 1 saturated heterocycles. The van der Waals surface area contributed by atoms with Crippen molar-refractivity contribution in [2.75, 3.05) is 19.5 Å². The van der Waals surface area contributed by atoms with Gasteiger partial charge in [-0.15, -0.1) is 0 Å². The molecule has 0 spiro atoms. The molecular formula is C30H37N5O8. The molecule has 3 aromatic rings. The van der Waals surface area contributed by atoms with E-state index in [1.54, 1.807) is 16.8 Å². The molecular weight excluding hydrogens is 558 g/mol. The van der Waals surface area contributed by atoms with E-state index in [9.17, 15) is 25.1 Å². The maximum atomic E-state index is 12.3. The van der Waals surface area contributed by atoms with Gasteiger partial charge in [0.05, 0.1) is 54.0 Å². The summed E-state index contributed by atoms with van der Waals surface area (Å²) in [5, 5.41) is 32.6. The molecule has 4 N–H and O–H groups in total. The van der Waals surface area contributed by atoms with Crippen LogP contribution in [0.4, 0.5) is 11.5 Å². The van der Waals surface area contributed by atoms with E-state index in [0.717, 1.165) is 0 Å². The molecule has 4 atom stereocenters. The molecule has 0 amide bonds. The minimum Gasteiger partial charge on any atom is -0.495 e. The molecule has 1 aliphatic rings. The van der Waals surface area contributed by atoms with Gasteiger partial charge in [0, 0.05) is 37.1 Å². The number of ketones is 1. The van der Waals surface area contributed by atoms with Crippen LogP contribution in [0.1, 0.15) is 76.0 Å². The number of methoxy groups -OCH3 is 1. The summed E-state index contributed by atoms with van der Waals surface area (Å²) in [6.07, 6.45) is 0.968. The number of carbonyl (C=O) groups is 1. The van der Waals surface area contributed by atoms with E-state index in [4.69, 9.17) is 19.9 Å². The van der Waals surface area contributed by atoms with E-state index in [-0.39, 0.29) is 43.3 Å². The van der Waals surface area contributed by atoms with E-state index < -0.39 is 34.9 Å². The molecule has 230 valence electrons. The van der Waals surface area contributed by atoms with Crippen LogP contribution in [0, 0.1) is 27.4 Å². The molecule has 1 aliphatic heterocycles. The van der Waals surface area contributed by atoms with Gasteiger partial charge in [0.25, 0.3) is 5.69 Å². The molecule has 0 radical (unpaired) electrons. The van der Waals surface area contributed by atoms with Gasteiger partial charge in [0.1, 0.15) is 41.7 Å². The topological polar surface area (TPSA) is 185 Å². The highest BCUT2D eigenvalue weighted by Crippen LogP contribution is 2.44. The van der Waals surface area contributed by atoms with Crippen LogP contribution in [0.2, 0.25) is 0 Å². The SMILES string of the molecule is COc1cc([C@@H](OCc2cn([C@H]3C[C@@H](O)[C@@H](CO)O3)c3ncnc(N)c23)C(C)(C)C)c([N+](=O)[O-])cc1C#CCCC(C)=O. The Kier molecular flexibility index (Phi) is 9.66. The molecule has 2 aromatic heterocycles. The van der Waals surface area contributed by atoms with Crippen molar-refractivity contribution < 1.29 is 34.1 Å². The monoisotopic (exact) mass is 595 g/mol. The summed E-state index contributed by atoms with van der Waals surface area (Å²) in [7, 11) is 1.46. The number of carbonyl (C=O) groups excluding carboxylic acids is 1. The Morgan fingerprint density at radius 1 is 1.35 bits per heavy atom. The number of fused-ring (bicyclic) bond motifs is 1. The number of Topliss-reactive ketones (excluding diaryl/α,β-unsaturated/α-hetero) is 1. The van der Waals surface area contributed by atoms with Crippen molar-refractivity contribution in [2.24, 2.45) is 5.41 Å². The molecule has 13 heteroatoms. The lowest BCUT2D eigenvalue weighted by Crippen LogP contribution is -2.24. The van der Waals surface area contributed by atoms with Gasteiger partial charge in [-0.3, -0.25) is 14.9 Å². The first-order valence-corrected chi connectivity index (χ1v) is 13.9. The number of benzene rings is 1. The lowest BCUT2D eigenvalue weighted by atomic mass is 9.83. The Morgan fingerprint density at radius 2 is 2.09 bits per heavy atom. The predicted molar refractivity (Wildman–Crippen MR) is 157 cm³/mol. The van der Waals surface area contributed by atoms with Gasteiger partial charge in [-0.25, -0.2) is 9.97 Å². The number of ether oxygens (including phenoxy) is 3. The predicted octanol–water partition coefficient (Wildman–Crippen LogP) is 3.60. The molecule has 0 aliphatic carbocycles. The number of nitro benzene ring substituents is 1. The first-order valence-electron chi connectivity index (χ1n) is 13.9. The number of rotatable bonds is 10. The lowest BCUT2D eigenvalue weighted by Gasteiger charge is -2.31. The maximum absolute atomic E-state index is 12.3. The van der Waals surface area contributed by atoms with Gasteiger partial charge in [0.2, 0.25) is 0 Å². The van der Waals surface area contributed by atoms with E-state index in [1.165, 1.54) is 26.4 Å². The van der Waals surface area contributed by atoms with Gasteiger partial charge in [-0.1, -0.05) is 32.6 Å². The summed E-state index contributed by atoms with van der Waals surface area (Å²) in [5.74, 6) is 6.35. The normalized spacial score (nSPS) is 19.2. The molecule has 0 bridgehead atoms. The van der Waals surface area contributed by atoms with Crippen LogP contribution < -0.4 is 10.5 Å². The number of nitrogens with two attached hydrogens (primary N) is 1. The first-order chi connectivity index (χ1) is 20.3. The van der Waals surface area contributed by atoms with Crippen molar-refractivity contribution >= 4 is 28.3 Å². The number of nitro groups is 1. The summed E-state index contributed by atoms with van der Waals surface area (Å²) in [5.41, 5.74) is 7.21. The summed E-state index contributed by atoms with van der Waals surface area (Å²) >= 11 is 0. The minimum absolute atomic E-state index is 0.00617. The quantitative estimate of drug-likeness (QED) is 0.177. The van der Waals surface area contributed by atoms with E-state index >= 15 is 0 Å². The Balaban J connectivity index is 1.72. The van der Waals surface area contributed by atoms with Crippen LogP contribution in [0.15, 0.2) is 24.7 Å². The summed E-state index contributed by atoms with van der Waals surface area (Å²) in [6.45, 7) is 6.87. The highest BCUT2D eigenvalue weighted by Gasteiger charge is 2.37. The van der Waals surface area contributed by atoms with Gasteiger partial charge >= 0.3 is 0 Å². The molecule has 43 heavy (non-hydrogen) atoms. The number of aromatic nitrogens is 3. The average molecular weight is 596 g/mol. The lowest BCUT2D eigenvalue weighted by molar-refractivity contribution is -0.386. The third-order valence-electron chi connectivity index (χ3n) is 7.26. The fourth-order valence-electron chi connectivity index (χ4n) is 5.16. The smallest absolute Gasteiger partial charge is 0.276 e. The van der Waals surface area contributed by atoms with Gasteiger partial charge < -0.3 is 34.7 Å². The fourth-order valence-corrected chi connectivity index (χ4v) is 5.16. The van der Waals surface area contributed by atoms with Crippen molar-refractivity contribution in [3.8, 4) is 17.6 Å². The van der Waals surface area contributed by atoms with Crippen molar-refractivity contribution in [3.05, 3.63) is 51.5 Å². The first kappa shape index (κ1) is 31.8. The molecule has 1 aromatic carbocycles. The Hall–Kier alpha value is -4.09. The van der Waals surface area contributed by atoms with Crippen LogP contribution in [-0.2, 0) is 20.9 Å². The number of anilines is 1. The molecule has 3 heterocycles. The zero-order valence-corrected chi connectivity index (χ0v) is 24.9. The van der Waals surface area contributed by atoms with E-state index in [2.05, 4.69) is 21.8 Å². The van der Waals surface area contributed by atoms with Crippen molar-refractivity contribution in [2.45, 2.75) is 78.1 Å². The molecule has 0 saturated carbocycles. The second kappa shape index (κ2) is 13.0. The summed E-state index contributed by atoms with van der Waals surface area (Å²) in [6, 6.07) is 2.95. The van der Waals surface area contributed by atoms with Crippen LogP contribution in [0.5, 0.6) is 5.75 Å². The van der Waals surface area contributed by atoms with Crippen LogP contribution in [0.3, 0.4) is 0 Å². The van der Waals surface area contributed by atoms with Crippen molar-refractivity contribution in [1.82, 2.24) is 14.5 Å². The second-order valence-electron chi connectivity index (χ2n) is 11.6. The summed E-state index contributed by atoms with van der Waals surface area (Å²) in [4.78, 5) is 31.6. The Morgan fingerprint density at radius 3 is 2.70 bits per heavy atom. The highest BCUT2D eigenvalue weighted by molar-refractivity contribution is 5.89. The Labute approximate surface area is 249 Å². The van der Waals surface area contributed by atoms with Crippen LogP contribution in [0.25, 0.3) is 11.0 Å². The van der Waals surface area contributed by atoms with Crippen LogP contribution in [-0.4, -0.2) is 61.4 Å². The fraction of sp³-hybridized carbons (Fsp3) is 0.500. The number of aliphatic hydroxyl groups is 2. The van der Waals surface area contributed by atoms with E-state index in [0.29, 0.717) is 39.9 Å². The zero-order valence-electron chi connectivity index (χ0n) is 24.9. The van der Waals surface area contributed by atoms with Crippen molar-refractivity contribution in [3.63, 3.8) is 0 Å². The Bertz CT molecular complexity index is 1570. The standard InChI is InChI=1S/C30H37N5O8/c1-17(37)8-6-7-9-18-10-21(35(39)40)20(11-23(18)41-5)27(30(2,3)4)42-15-19-13-34(25-12-22(38)24(14-36)43-25)29-26(19)28(31)32-16-33-29/h10-11,13,16,22,24-25,27,36,38H,6,8,12,14-15H2,1-5H3,(H2,31,32,33)/t22-,24-,25-,27-/m1/s1. The number of hydrogen-bond donors (Lipinski definition) is 3. The molecule has 13 nitrogen and oxygen atoms in total. The number of aliphatic hydroxyl groups excluding tert-OH is 2. The average Bonchev–Trinajstić information content (AvgIpc) is 3.50. The van der Waals surface area contributed by atoms with Crippen LogP contribution >= 0.6 is 0 Å². The molecule has 0 unspecified atom stereocenters. The molecule has 1 fully saturated rings. The minimum atomic E-state index is -0.853. The third-order valence-corrected chi connectivity index (χ3v) is 7.26. The number of nitrogens with zero attached hydrogens (tertiary/aromatic N) is 4. The number of nitrogen functional groups attached to an aromatic ring is 1. The van der Waals surface area contributed by atoms with Gasteiger partial charge in [0.15, 0.2) is 0 Å². The van der Waals surface area contributed by atoms with Gasteiger partial charge in [-0.2, -0.15) is 0 Å². The maximum Gasteiger partial charge on any atom is 0.276 e. The highest BCUT2D eigenvalue weighted by atomic mass is 16.6. The van der Waals surface area contributed by atoms with E-state index in [1.807, 2.05) is 20.8 Å². The van der Waals surface area contributed by atoms with Crippen molar-refractivity contribution in [1.29, 1.82) is 0 Å². The third kappa shape index (κ3) is 6.94. The second-order valence-corrected chi connectivity index (χ2v) is 11.6. The summed E-state index contributed by atoms with van der Waals surface area (Å²) < 4.78 is 19.6. The largest absolute Gasteiger partial charge is 0.495 e. The zero-order chi connectivity index (χ0) is 31.5. The number of hydrogen-bond acceptors (Lipinski definition) is 11. The molecule has 4 rings (SSSR count). The van der Waals surface area contributed by atoms with Gasteiger partial charge in [-0.05, 0) is 18.4 Å².